The van der Waals surface area contributed by atoms with E-state index in [4.69, 9.17) is 19.3 Å². The molecule has 2 aromatic carbocycles. The number of hydrogen-bond donors (Lipinski definition) is 1. The number of carbonyl (C=O) groups is 1. The molecule has 2 unspecified atom stereocenters. The fraction of sp³-hybridized carbons (Fsp3) is 0.304. The lowest BCUT2D eigenvalue weighted by atomic mass is 10.0. The lowest BCUT2D eigenvalue weighted by molar-refractivity contribution is -0.149. The molecule has 0 aromatic heterocycles. The van der Waals surface area contributed by atoms with Gasteiger partial charge in [0.1, 0.15) is 6.61 Å². The molecular formula is C23H22BrNO5. The summed E-state index contributed by atoms with van der Waals surface area (Å²) in [6.45, 7) is 2.59. The Morgan fingerprint density at radius 2 is 2.10 bits per heavy atom. The van der Waals surface area contributed by atoms with Crippen molar-refractivity contribution in [2.24, 2.45) is 0 Å². The van der Waals surface area contributed by atoms with Crippen molar-refractivity contribution < 1.29 is 24.1 Å². The van der Waals surface area contributed by atoms with Crippen molar-refractivity contribution in [3.8, 4) is 17.6 Å². The Balaban J connectivity index is 1.76. The average molecular weight is 472 g/mol. The number of carboxylic acid groups (broad SMARTS) is 1. The van der Waals surface area contributed by atoms with E-state index in [0.29, 0.717) is 36.5 Å². The monoisotopic (exact) mass is 471 g/mol. The molecule has 1 heterocycles. The van der Waals surface area contributed by atoms with Crippen LogP contribution in [-0.4, -0.2) is 36.5 Å². The summed E-state index contributed by atoms with van der Waals surface area (Å²) in [5.41, 5.74) is 2.16. The van der Waals surface area contributed by atoms with Gasteiger partial charge in [0.15, 0.2) is 17.6 Å². The molecule has 1 N–H and O–H groups in total. The first-order valence-electron chi connectivity index (χ1n) is 9.65. The van der Waals surface area contributed by atoms with E-state index in [1.54, 1.807) is 12.1 Å². The molecule has 3 rings (SSSR count). The molecule has 1 fully saturated rings. The van der Waals surface area contributed by atoms with Crippen molar-refractivity contribution in [2.75, 3.05) is 13.2 Å². The molecule has 30 heavy (non-hydrogen) atoms. The van der Waals surface area contributed by atoms with E-state index in [-0.39, 0.29) is 12.7 Å². The van der Waals surface area contributed by atoms with Crippen LogP contribution in [0.1, 0.15) is 30.9 Å². The van der Waals surface area contributed by atoms with E-state index in [9.17, 15) is 10.1 Å². The van der Waals surface area contributed by atoms with Crippen LogP contribution in [0.5, 0.6) is 11.5 Å². The van der Waals surface area contributed by atoms with Gasteiger partial charge in [0, 0.05) is 4.47 Å². The Morgan fingerprint density at radius 3 is 2.77 bits per heavy atom. The second kappa shape index (κ2) is 10.3. The summed E-state index contributed by atoms with van der Waals surface area (Å²) < 4.78 is 17.9. The Kier molecular flexibility index (Phi) is 7.50. The standard InChI is InChI=1S/C23H22BrNO5/c1-2-28-22-11-15(10-17(13-25)16-4-3-5-18(24)12-16)6-8-20(22)29-14-19-7-9-21(30-19)23(26)27/h3-6,8,10-12,19,21H,2,7,9,14H2,1H3,(H,26,27)/b17-10-. The summed E-state index contributed by atoms with van der Waals surface area (Å²) in [6, 6.07) is 15.3. The third-order valence-corrected chi connectivity index (χ3v) is 5.14. The van der Waals surface area contributed by atoms with Crippen molar-refractivity contribution >= 4 is 33.5 Å². The minimum absolute atomic E-state index is 0.251. The van der Waals surface area contributed by atoms with Gasteiger partial charge in [-0.05, 0) is 61.2 Å². The van der Waals surface area contributed by atoms with Crippen molar-refractivity contribution in [1.29, 1.82) is 5.26 Å². The van der Waals surface area contributed by atoms with E-state index >= 15 is 0 Å². The SMILES string of the molecule is CCOc1cc(/C=C(/C#N)c2cccc(Br)c2)ccc1OCC1CCC(C(=O)O)O1. The van der Waals surface area contributed by atoms with Crippen LogP contribution in [0.3, 0.4) is 0 Å². The Hall–Kier alpha value is -2.82. The Morgan fingerprint density at radius 1 is 1.27 bits per heavy atom. The number of nitrogens with zero attached hydrogens (tertiary/aromatic N) is 1. The van der Waals surface area contributed by atoms with Crippen LogP contribution < -0.4 is 9.47 Å². The van der Waals surface area contributed by atoms with Crippen molar-refractivity contribution in [3.05, 3.63) is 58.1 Å². The van der Waals surface area contributed by atoms with E-state index in [1.165, 1.54) is 0 Å². The number of nitriles is 1. The molecule has 2 atom stereocenters. The molecule has 6 nitrogen and oxygen atoms in total. The molecule has 1 saturated heterocycles. The average Bonchev–Trinajstić information content (AvgIpc) is 3.21. The van der Waals surface area contributed by atoms with Gasteiger partial charge in [-0.1, -0.05) is 34.1 Å². The van der Waals surface area contributed by atoms with Crippen LogP contribution in [0.2, 0.25) is 0 Å². The molecular weight excluding hydrogens is 450 g/mol. The number of benzene rings is 2. The second-order valence-electron chi connectivity index (χ2n) is 6.79. The molecule has 0 spiro atoms. The second-order valence-corrected chi connectivity index (χ2v) is 7.71. The van der Waals surface area contributed by atoms with Gasteiger partial charge in [0.25, 0.3) is 0 Å². The zero-order valence-electron chi connectivity index (χ0n) is 16.5. The number of hydrogen-bond acceptors (Lipinski definition) is 5. The fourth-order valence-electron chi connectivity index (χ4n) is 3.20. The van der Waals surface area contributed by atoms with Gasteiger partial charge in [-0.3, -0.25) is 0 Å². The normalized spacial score (nSPS) is 18.6. The van der Waals surface area contributed by atoms with Gasteiger partial charge in [-0.2, -0.15) is 5.26 Å². The van der Waals surface area contributed by atoms with Gasteiger partial charge in [0.05, 0.1) is 24.4 Å². The minimum Gasteiger partial charge on any atom is -0.490 e. The minimum atomic E-state index is -0.942. The summed E-state index contributed by atoms with van der Waals surface area (Å²) in [5, 5.41) is 18.6. The molecule has 1 aliphatic heterocycles. The predicted octanol–water partition coefficient (Wildman–Crippen LogP) is 4.92. The van der Waals surface area contributed by atoms with E-state index < -0.39 is 12.1 Å². The maximum atomic E-state index is 11.0. The van der Waals surface area contributed by atoms with Gasteiger partial charge >= 0.3 is 5.97 Å². The highest BCUT2D eigenvalue weighted by Crippen LogP contribution is 2.31. The summed E-state index contributed by atoms with van der Waals surface area (Å²) >= 11 is 3.43. The molecule has 0 amide bonds. The third kappa shape index (κ3) is 5.62. The largest absolute Gasteiger partial charge is 0.490 e. The molecule has 7 heteroatoms. The maximum Gasteiger partial charge on any atom is 0.332 e. The highest BCUT2D eigenvalue weighted by atomic mass is 79.9. The van der Waals surface area contributed by atoms with Crippen LogP contribution in [0, 0.1) is 11.3 Å². The van der Waals surface area contributed by atoms with Gasteiger partial charge in [-0.15, -0.1) is 0 Å². The summed E-state index contributed by atoms with van der Waals surface area (Å²) in [7, 11) is 0. The number of halogens is 1. The lowest BCUT2D eigenvalue weighted by Gasteiger charge is -2.16. The summed E-state index contributed by atoms with van der Waals surface area (Å²) in [5.74, 6) is 0.172. The smallest absolute Gasteiger partial charge is 0.332 e. The van der Waals surface area contributed by atoms with Crippen molar-refractivity contribution in [3.63, 3.8) is 0 Å². The van der Waals surface area contributed by atoms with Crippen LogP contribution in [0.4, 0.5) is 0 Å². The zero-order chi connectivity index (χ0) is 21.5. The van der Waals surface area contributed by atoms with Crippen LogP contribution >= 0.6 is 15.9 Å². The molecule has 1 aliphatic rings. The van der Waals surface area contributed by atoms with Crippen LogP contribution in [0.15, 0.2) is 46.9 Å². The fourth-order valence-corrected chi connectivity index (χ4v) is 3.60. The molecule has 156 valence electrons. The summed E-state index contributed by atoms with van der Waals surface area (Å²) in [4.78, 5) is 11.0. The molecule has 0 aliphatic carbocycles. The van der Waals surface area contributed by atoms with Gasteiger partial charge < -0.3 is 19.3 Å². The number of aliphatic carboxylic acids is 1. The van der Waals surface area contributed by atoms with E-state index in [0.717, 1.165) is 15.6 Å². The Bertz CT molecular complexity index is 982. The van der Waals surface area contributed by atoms with Crippen LogP contribution in [-0.2, 0) is 9.53 Å². The van der Waals surface area contributed by atoms with Gasteiger partial charge in [-0.25, -0.2) is 4.79 Å². The highest BCUT2D eigenvalue weighted by molar-refractivity contribution is 9.10. The topological polar surface area (TPSA) is 88.8 Å². The lowest BCUT2D eigenvalue weighted by Crippen LogP contribution is -2.23. The first-order valence-corrected chi connectivity index (χ1v) is 10.4. The third-order valence-electron chi connectivity index (χ3n) is 4.64. The van der Waals surface area contributed by atoms with E-state index in [1.807, 2.05) is 43.3 Å². The van der Waals surface area contributed by atoms with Crippen molar-refractivity contribution in [2.45, 2.75) is 32.0 Å². The maximum absolute atomic E-state index is 11.0. The summed E-state index contributed by atoms with van der Waals surface area (Å²) in [6.07, 6.45) is 1.89. The number of rotatable bonds is 8. The van der Waals surface area contributed by atoms with Crippen LogP contribution in [0.25, 0.3) is 11.6 Å². The molecule has 0 bridgehead atoms. The molecule has 0 saturated carbocycles. The molecule has 0 radical (unpaired) electrons. The predicted molar refractivity (Wildman–Crippen MR) is 116 cm³/mol. The number of ether oxygens (including phenoxy) is 3. The zero-order valence-corrected chi connectivity index (χ0v) is 18.1. The van der Waals surface area contributed by atoms with Crippen molar-refractivity contribution in [1.82, 2.24) is 0 Å². The van der Waals surface area contributed by atoms with Gasteiger partial charge in [0.2, 0.25) is 0 Å². The first kappa shape index (κ1) is 21.9. The Labute approximate surface area is 183 Å². The first-order chi connectivity index (χ1) is 14.5. The van der Waals surface area contributed by atoms with E-state index in [2.05, 4.69) is 22.0 Å². The number of allylic oxidation sites excluding steroid dienone is 1. The number of carboxylic acids is 1. The molecule has 2 aromatic rings. The quantitative estimate of drug-likeness (QED) is 0.433. The highest BCUT2D eigenvalue weighted by Gasteiger charge is 2.30.